The Morgan fingerprint density at radius 1 is 1.10 bits per heavy atom. The first-order chi connectivity index (χ1) is 9.43. The number of halogens is 4. The second kappa shape index (κ2) is 6.58. The van der Waals surface area contributed by atoms with E-state index >= 15 is 0 Å². The molecule has 0 spiro atoms. The molecule has 0 heterocycles. The van der Waals surface area contributed by atoms with E-state index in [2.05, 4.69) is 53.9 Å². The van der Waals surface area contributed by atoms with Crippen molar-refractivity contribution in [3.05, 3.63) is 61.8 Å². The van der Waals surface area contributed by atoms with Gasteiger partial charge in [-0.1, -0.05) is 37.9 Å². The number of hydrogen-bond acceptors (Lipinski definition) is 1. The van der Waals surface area contributed by atoms with Crippen LogP contribution >= 0.6 is 47.8 Å². The minimum absolute atomic E-state index is 0.0672. The molecule has 0 amide bonds. The van der Waals surface area contributed by atoms with E-state index in [0.29, 0.717) is 10.2 Å². The molecule has 0 saturated heterocycles. The zero-order valence-corrected chi connectivity index (χ0v) is 15.6. The van der Waals surface area contributed by atoms with E-state index in [1.807, 2.05) is 19.1 Å². The van der Waals surface area contributed by atoms with Crippen LogP contribution in [0.4, 0.5) is 4.39 Å². The van der Waals surface area contributed by atoms with Gasteiger partial charge in [0.1, 0.15) is 11.6 Å². The van der Waals surface area contributed by atoms with Gasteiger partial charge in [-0.2, -0.15) is 0 Å². The summed E-state index contributed by atoms with van der Waals surface area (Å²) in [6.07, 6.45) is 0. The van der Waals surface area contributed by atoms with E-state index in [1.54, 1.807) is 13.2 Å². The molecule has 0 N–H and O–H groups in total. The first kappa shape index (κ1) is 16.0. The van der Waals surface area contributed by atoms with Crippen LogP contribution < -0.4 is 4.74 Å². The molecule has 0 aromatic heterocycles. The van der Waals surface area contributed by atoms with Crippen LogP contribution in [-0.2, 0) is 0 Å². The van der Waals surface area contributed by atoms with Gasteiger partial charge in [0.05, 0.1) is 16.4 Å². The topological polar surface area (TPSA) is 9.23 Å². The van der Waals surface area contributed by atoms with Crippen molar-refractivity contribution < 1.29 is 9.13 Å². The van der Waals surface area contributed by atoms with Gasteiger partial charge in [0, 0.05) is 16.1 Å². The van der Waals surface area contributed by atoms with E-state index in [9.17, 15) is 4.39 Å². The van der Waals surface area contributed by atoms with Crippen LogP contribution in [0.3, 0.4) is 0 Å². The number of benzene rings is 2. The highest BCUT2D eigenvalue weighted by atomic mass is 79.9. The number of hydrogen-bond donors (Lipinski definition) is 0. The van der Waals surface area contributed by atoms with Gasteiger partial charge >= 0.3 is 0 Å². The summed E-state index contributed by atoms with van der Waals surface area (Å²) in [5.74, 6) is 0.188. The van der Waals surface area contributed by atoms with Gasteiger partial charge in [0.2, 0.25) is 0 Å². The average molecular weight is 467 g/mol. The van der Waals surface area contributed by atoms with E-state index < -0.39 is 0 Å². The third-order valence-corrected chi connectivity index (χ3v) is 5.14. The van der Waals surface area contributed by atoms with Gasteiger partial charge in [0.25, 0.3) is 0 Å². The van der Waals surface area contributed by atoms with Crippen LogP contribution in [-0.4, -0.2) is 7.11 Å². The van der Waals surface area contributed by atoms with Crippen molar-refractivity contribution in [3.8, 4) is 5.75 Å². The van der Waals surface area contributed by atoms with E-state index in [0.717, 1.165) is 21.2 Å². The highest BCUT2D eigenvalue weighted by molar-refractivity contribution is 9.10. The molecule has 20 heavy (non-hydrogen) atoms. The Bertz CT molecular complexity index is 643. The van der Waals surface area contributed by atoms with Gasteiger partial charge in [0.15, 0.2) is 0 Å². The van der Waals surface area contributed by atoms with E-state index in [4.69, 9.17) is 4.74 Å². The maximum absolute atomic E-state index is 13.6. The first-order valence-corrected chi connectivity index (χ1v) is 8.37. The van der Waals surface area contributed by atoms with Gasteiger partial charge in [-0.15, -0.1) is 0 Å². The Labute approximate surface area is 142 Å². The van der Waals surface area contributed by atoms with E-state index in [1.165, 1.54) is 6.07 Å². The van der Waals surface area contributed by atoms with Gasteiger partial charge in [-0.25, -0.2) is 4.39 Å². The van der Waals surface area contributed by atoms with Crippen LogP contribution in [0.25, 0.3) is 0 Å². The second-order valence-electron chi connectivity index (χ2n) is 4.37. The lowest BCUT2D eigenvalue weighted by atomic mass is 10.00. The fourth-order valence-corrected chi connectivity index (χ4v) is 3.72. The van der Waals surface area contributed by atoms with Crippen LogP contribution in [0.2, 0.25) is 0 Å². The zero-order valence-electron chi connectivity index (χ0n) is 10.9. The molecular weight excluding hydrogens is 455 g/mol. The molecule has 2 aromatic rings. The molecular formula is C15H12Br3FO. The maximum Gasteiger partial charge on any atom is 0.141 e. The highest BCUT2D eigenvalue weighted by Gasteiger charge is 2.19. The van der Waals surface area contributed by atoms with Crippen molar-refractivity contribution in [2.24, 2.45) is 0 Å². The number of methoxy groups -OCH3 is 1. The first-order valence-electron chi connectivity index (χ1n) is 5.87. The molecule has 1 nitrogen and oxygen atoms in total. The summed E-state index contributed by atoms with van der Waals surface area (Å²) in [7, 11) is 1.54. The van der Waals surface area contributed by atoms with E-state index in [-0.39, 0.29) is 10.6 Å². The van der Waals surface area contributed by atoms with Crippen LogP contribution in [0, 0.1) is 12.7 Å². The predicted octanol–water partition coefficient (Wildman–Crippen LogP) is 6.15. The molecule has 0 saturated carbocycles. The molecule has 0 radical (unpaired) electrons. The third-order valence-electron chi connectivity index (χ3n) is 3.05. The normalized spacial score (nSPS) is 12.3. The Hall–Kier alpha value is -0.390. The van der Waals surface area contributed by atoms with Crippen molar-refractivity contribution in [3.63, 3.8) is 0 Å². The Morgan fingerprint density at radius 3 is 2.40 bits per heavy atom. The Kier molecular flexibility index (Phi) is 5.26. The summed E-state index contributed by atoms with van der Waals surface area (Å²) in [6.45, 7) is 2.04. The molecule has 0 aliphatic rings. The molecule has 0 aliphatic heterocycles. The van der Waals surface area contributed by atoms with Crippen molar-refractivity contribution in [2.45, 2.75) is 11.8 Å². The fourth-order valence-electron chi connectivity index (χ4n) is 2.01. The molecule has 5 heteroatoms. The van der Waals surface area contributed by atoms with Crippen molar-refractivity contribution in [1.29, 1.82) is 0 Å². The number of ether oxygens (including phenoxy) is 1. The summed E-state index contributed by atoms with van der Waals surface area (Å²) in [5, 5.41) is 0. The third kappa shape index (κ3) is 3.26. The van der Waals surface area contributed by atoms with Crippen LogP contribution in [0.15, 0.2) is 39.3 Å². The predicted molar refractivity (Wildman–Crippen MR) is 90.3 cm³/mol. The summed E-state index contributed by atoms with van der Waals surface area (Å²) in [5.41, 5.74) is 3.14. The van der Waals surface area contributed by atoms with Crippen molar-refractivity contribution in [2.75, 3.05) is 7.11 Å². The second-order valence-corrected chi connectivity index (χ2v) is 7.06. The average Bonchev–Trinajstić information content (AvgIpc) is 2.40. The van der Waals surface area contributed by atoms with Gasteiger partial charge in [-0.3, -0.25) is 0 Å². The summed E-state index contributed by atoms with van der Waals surface area (Å²) < 4.78 is 20.3. The van der Waals surface area contributed by atoms with Crippen molar-refractivity contribution >= 4 is 47.8 Å². The minimum atomic E-state index is -0.335. The monoisotopic (exact) mass is 464 g/mol. The Balaban J connectivity index is 2.52. The van der Waals surface area contributed by atoms with Crippen LogP contribution in [0.1, 0.15) is 21.5 Å². The standard InChI is InChI=1S/C15H12Br3FO/c1-8-5-9(16)3-4-10(8)15(18)11-6-12(17)13(19)7-14(11)20-2/h3-7,15H,1-2H3. The summed E-state index contributed by atoms with van der Waals surface area (Å²) in [6, 6.07) is 9.21. The molecule has 2 rings (SSSR count). The number of rotatable bonds is 3. The summed E-state index contributed by atoms with van der Waals surface area (Å²) in [4.78, 5) is -0.0672. The Morgan fingerprint density at radius 2 is 1.80 bits per heavy atom. The fraction of sp³-hybridized carbons (Fsp3) is 0.200. The molecule has 1 atom stereocenters. The van der Waals surface area contributed by atoms with Crippen molar-refractivity contribution in [1.82, 2.24) is 0 Å². The summed E-state index contributed by atoms with van der Waals surface area (Å²) >= 11 is 10.4. The number of alkyl halides is 1. The molecule has 0 bridgehead atoms. The SMILES string of the molecule is COc1cc(F)c(Br)cc1C(Br)c1ccc(Br)cc1C. The smallest absolute Gasteiger partial charge is 0.141 e. The van der Waals surface area contributed by atoms with Gasteiger partial charge < -0.3 is 4.74 Å². The minimum Gasteiger partial charge on any atom is -0.496 e. The molecule has 2 aromatic carbocycles. The molecule has 1 unspecified atom stereocenters. The number of aryl methyl sites for hydroxylation is 1. The highest BCUT2D eigenvalue weighted by Crippen LogP contribution is 2.40. The lowest BCUT2D eigenvalue weighted by molar-refractivity contribution is 0.406. The molecule has 0 aliphatic carbocycles. The molecule has 0 fully saturated rings. The largest absolute Gasteiger partial charge is 0.496 e. The van der Waals surface area contributed by atoms with Crippen LogP contribution in [0.5, 0.6) is 5.75 Å². The lowest BCUT2D eigenvalue weighted by Gasteiger charge is -2.17. The zero-order chi connectivity index (χ0) is 14.9. The molecule has 106 valence electrons. The lowest BCUT2D eigenvalue weighted by Crippen LogP contribution is -2.00. The quantitative estimate of drug-likeness (QED) is 0.493. The van der Waals surface area contributed by atoms with Gasteiger partial charge in [-0.05, 0) is 52.2 Å². The maximum atomic E-state index is 13.6.